The molecule has 0 radical (unpaired) electrons. The predicted molar refractivity (Wildman–Crippen MR) is 77.3 cm³/mol. The minimum absolute atomic E-state index is 0.0412. The molecule has 0 spiro atoms. The number of aliphatic carboxylic acids is 1. The zero-order chi connectivity index (χ0) is 14.1. The molecule has 0 aliphatic carbocycles. The summed E-state index contributed by atoms with van der Waals surface area (Å²) in [5.41, 5.74) is 1.26. The van der Waals surface area contributed by atoms with Crippen molar-refractivity contribution in [2.45, 2.75) is 25.8 Å². The van der Waals surface area contributed by atoms with Crippen molar-refractivity contribution >= 4 is 23.6 Å². The highest BCUT2D eigenvalue weighted by atomic mass is 32.2. The Morgan fingerprint density at radius 2 is 2.00 bits per heavy atom. The van der Waals surface area contributed by atoms with Gasteiger partial charge in [0.15, 0.2) is 0 Å². The van der Waals surface area contributed by atoms with Gasteiger partial charge < -0.3 is 10.4 Å². The fourth-order valence-electron chi connectivity index (χ4n) is 1.63. The highest BCUT2D eigenvalue weighted by Gasteiger charge is 2.10. The molecule has 0 aliphatic heterocycles. The van der Waals surface area contributed by atoms with Crippen LogP contribution < -0.4 is 5.32 Å². The number of carbonyl (C=O) groups is 2. The van der Waals surface area contributed by atoms with Gasteiger partial charge >= 0.3 is 5.97 Å². The number of amides is 1. The van der Waals surface area contributed by atoms with Crippen LogP contribution in [0.2, 0.25) is 0 Å². The molecule has 1 aromatic carbocycles. The van der Waals surface area contributed by atoms with Gasteiger partial charge in [0.1, 0.15) is 0 Å². The van der Waals surface area contributed by atoms with Crippen LogP contribution in [0.4, 0.5) is 0 Å². The van der Waals surface area contributed by atoms with Gasteiger partial charge in [-0.2, -0.15) is 11.8 Å². The molecule has 1 atom stereocenters. The second-order valence-corrected chi connectivity index (χ2v) is 5.46. The summed E-state index contributed by atoms with van der Waals surface area (Å²) in [7, 11) is 0. The fraction of sp³-hybridized carbons (Fsp3) is 0.429. The van der Waals surface area contributed by atoms with E-state index < -0.39 is 5.97 Å². The number of benzene rings is 1. The van der Waals surface area contributed by atoms with Crippen LogP contribution in [0.25, 0.3) is 0 Å². The molecule has 0 fully saturated rings. The Hall–Kier alpha value is -1.49. The first-order chi connectivity index (χ1) is 9.08. The monoisotopic (exact) mass is 281 g/mol. The summed E-state index contributed by atoms with van der Waals surface area (Å²) < 4.78 is 0. The van der Waals surface area contributed by atoms with E-state index in [2.05, 4.69) is 17.4 Å². The van der Waals surface area contributed by atoms with Crippen LogP contribution in [-0.4, -0.2) is 34.5 Å². The fourth-order valence-corrected chi connectivity index (χ4v) is 2.42. The highest BCUT2D eigenvalue weighted by Crippen LogP contribution is 2.06. The van der Waals surface area contributed by atoms with Crippen LogP contribution in [0.15, 0.2) is 30.3 Å². The number of hydrogen-bond donors (Lipinski definition) is 2. The maximum atomic E-state index is 11.5. The van der Waals surface area contributed by atoms with Crippen LogP contribution in [0.5, 0.6) is 0 Å². The molecule has 0 saturated carbocycles. The third kappa shape index (κ3) is 7.51. The third-order valence-electron chi connectivity index (χ3n) is 2.50. The molecule has 0 aliphatic rings. The Morgan fingerprint density at radius 3 is 2.63 bits per heavy atom. The van der Waals surface area contributed by atoms with Crippen LogP contribution in [-0.2, 0) is 16.0 Å². The van der Waals surface area contributed by atoms with E-state index in [1.165, 1.54) is 5.56 Å². The zero-order valence-electron chi connectivity index (χ0n) is 11.0. The normalized spacial score (nSPS) is 11.8. The first-order valence-corrected chi connectivity index (χ1v) is 7.36. The molecule has 1 amide bonds. The van der Waals surface area contributed by atoms with Gasteiger partial charge in [-0.1, -0.05) is 30.3 Å². The first kappa shape index (κ1) is 15.6. The largest absolute Gasteiger partial charge is 0.481 e. The van der Waals surface area contributed by atoms with Crippen LogP contribution >= 0.6 is 11.8 Å². The van der Waals surface area contributed by atoms with Gasteiger partial charge in [0.25, 0.3) is 0 Å². The quantitative estimate of drug-likeness (QED) is 0.715. The Kier molecular flexibility index (Phi) is 7.03. The van der Waals surface area contributed by atoms with E-state index in [1.807, 2.05) is 18.2 Å². The molecule has 104 valence electrons. The average Bonchev–Trinajstić information content (AvgIpc) is 2.35. The van der Waals surface area contributed by atoms with Crippen molar-refractivity contribution in [1.82, 2.24) is 5.32 Å². The van der Waals surface area contributed by atoms with Gasteiger partial charge in [-0.15, -0.1) is 0 Å². The maximum absolute atomic E-state index is 11.5. The van der Waals surface area contributed by atoms with Crippen molar-refractivity contribution < 1.29 is 14.7 Å². The van der Waals surface area contributed by atoms with E-state index >= 15 is 0 Å². The summed E-state index contributed by atoms with van der Waals surface area (Å²) in [5, 5.41) is 11.2. The number of aryl methyl sites for hydroxylation is 1. The van der Waals surface area contributed by atoms with Crippen molar-refractivity contribution in [3.05, 3.63) is 35.9 Å². The number of thioether (sulfide) groups is 1. The number of hydrogen-bond acceptors (Lipinski definition) is 3. The van der Waals surface area contributed by atoms with Crippen molar-refractivity contribution in [3.8, 4) is 0 Å². The summed E-state index contributed by atoms with van der Waals surface area (Å²) >= 11 is 1.56. The highest BCUT2D eigenvalue weighted by molar-refractivity contribution is 7.99. The molecule has 1 unspecified atom stereocenters. The van der Waals surface area contributed by atoms with Crippen LogP contribution in [0.3, 0.4) is 0 Å². The Balaban J connectivity index is 2.12. The predicted octanol–water partition coefficient (Wildman–Crippen LogP) is 1.94. The Bertz CT molecular complexity index is 408. The van der Waals surface area contributed by atoms with Gasteiger partial charge in [0.05, 0.1) is 12.2 Å². The van der Waals surface area contributed by atoms with E-state index in [0.717, 1.165) is 12.2 Å². The lowest BCUT2D eigenvalue weighted by Gasteiger charge is -2.11. The van der Waals surface area contributed by atoms with E-state index in [0.29, 0.717) is 5.75 Å². The van der Waals surface area contributed by atoms with Crippen molar-refractivity contribution in [1.29, 1.82) is 0 Å². The topological polar surface area (TPSA) is 66.4 Å². The van der Waals surface area contributed by atoms with Crippen molar-refractivity contribution in [3.63, 3.8) is 0 Å². The lowest BCUT2D eigenvalue weighted by Crippen LogP contribution is -2.35. The number of carbonyl (C=O) groups excluding carboxylic acids is 1. The van der Waals surface area contributed by atoms with Crippen molar-refractivity contribution in [2.24, 2.45) is 0 Å². The van der Waals surface area contributed by atoms with Crippen molar-refractivity contribution in [2.75, 3.05) is 11.5 Å². The van der Waals surface area contributed by atoms with Crippen LogP contribution in [0, 0.1) is 0 Å². The summed E-state index contributed by atoms with van der Waals surface area (Å²) in [5.74, 6) is 0.248. The molecule has 5 heteroatoms. The molecule has 2 N–H and O–H groups in total. The zero-order valence-corrected chi connectivity index (χ0v) is 11.8. The Morgan fingerprint density at radius 1 is 1.32 bits per heavy atom. The first-order valence-electron chi connectivity index (χ1n) is 6.20. The standard InChI is InChI=1S/C14H19NO3S/c1-11(9-14(17)18)15-13(16)10-19-8-7-12-5-3-2-4-6-12/h2-6,11H,7-10H2,1H3,(H,15,16)(H,17,18). The molecular formula is C14H19NO3S. The Labute approximate surface area is 117 Å². The molecule has 19 heavy (non-hydrogen) atoms. The van der Waals surface area contributed by atoms with Gasteiger partial charge in [-0.3, -0.25) is 9.59 Å². The lowest BCUT2D eigenvalue weighted by molar-refractivity contribution is -0.137. The van der Waals surface area contributed by atoms with E-state index in [-0.39, 0.29) is 18.4 Å². The lowest BCUT2D eigenvalue weighted by atomic mass is 10.2. The average molecular weight is 281 g/mol. The van der Waals surface area contributed by atoms with E-state index in [9.17, 15) is 9.59 Å². The number of carboxylic acid groups (broad SMARTS) is 1. The second kappa shape index (κ2) is 8.58. The van der Waals surface area contributed by atoms with E-state index in [4.69, 9.17) is 5.11 Å². The summed E-state index contributed by atoms with van der Waals surface area (Å²) in [6.45, 7) is 1.70. The SMILES string of the molecule is CC(CC(=O)O)NC(=O)CSCCc1ccccc1. The van der Waals surface area contributed by atoms with E-state index in [1.54, 1.807) is 18.7 Å². The van der Waals surface area contributed by atoms with Gasteiger partial charge in [0, 0.05) is 6.04 Å². The maximum Gasteiger partial charge on any atom is 0.305 e. The van der Waals surface area contributed by atoms with Crippen LogP contribution in [0.1, 0.15) is 18.9 Å². The minimum atomic E-state index is -0.899. The number of nitrogens with one attached hydrogen (secondary N) is 1. The minimum Gasteiger partial charge on any atom is -0.481 e. The molecule has 0 heterocycles. The van der Waals surface area contributed by atoms with Gasteiger partial charge in [0.2, 0.25) is 5.91 Å². The summed E-state index contributed by atoms with van der Waals surface area (Å²) in [6, 6.07) is 9.79. The molecular weight excluding hydrogens is 262 g/mol. The molecule has 0 aromatic heterocycles. The molecule has 1 rings (SSSR count). The third-order valence-corrected chi connectivity index (χ3v) is 3.46. The molecule has 0 bridgehead atoms. The molecule has 4 nitrogen and oxygen atoms in total. The smallest absolute Gasteiger partial charge is 0.305 e. The second-order valence-electron chi connectivity index (χ2n) is 4.35. The van der Waals surface area contributed by atoms with Gasteiger partial charge in [-0.05, 0) is 24.7 Å². The summed E-state index contributed by atoms with van der Waals surface area (Å²) in [4.78, 5) is 22.0. The van der Waals surface area contributed by atoms with Gasteiger partial charge in [-0.25, -0.2) is 0 Å². The molecule has 0 saturated heterocycles. The number of rotatable bonds is 8. The number of carboxylic acids is 1. The summed E-state index contributed by atoms with van der Waals surface area (Å²) in [6.07, 6.45) is 0.893. The molecule has 1 aromatic rings.